The van der Waals surface area contributed by atoms with Crippen molar-refractivity contribution in [2.75, 3.05) is 11.9 Å². The van der Waals surface area contributed by atoms with Crippen molar-refractivity contribution in [2.24, 2.45) is 0 Å². The van der Waals surface area contributed by atoms with Crippen molar-refractivity contribution in [3.8, 4) is 16.9 Å². The van der Waals surface area contributed by atoms with Crippen LogP contribution in [-0.4, -0.2) is 16.3 Å². The topological polar surface area (TPSA) is 29.9 Å². The van der Waals surface area contributed by atoms with Crippen molar-refractivity contribution in [3.63, 3.8) is 0 Å². The number of anilines is 1. The molecule has 4 rings (SSSR count). The zero-order valence-corrected chi connectivity index (χ0v) is 15.3. The smallest absolute Gasteiger partial charge is 0.133 e. The summed E-state index contributed by atoms with van der Waals surface area (Å²) in [4.78, 5) is 0. The van der Waals surface area contributed by atoms with Gasteiger partial charge in [0.15, 0.2) is 0 Å². The predicted octanol–water partition coefficient (Wildman–Crippen LogP) is 5.36. The third-order valence-corrected chi connectivity index (χ3v) is 5.02. The fourth-order valence-electron chi connectivity index (χ4n) is 3.30. The molecule has 1 aromatic heterocycles. The molecule has 3 aromatic rings. The lowest BCUT2D eigenvalue weighted by molar-refractivity contribution is 0.780. The number of rotatable bonds is 2. The van der Waals surface area contributed by atoms with Crippen molar-refractivity contribution >= 4 is 21.7 Å². The predicted molar refractivity (Wildman–Crippen MR) is 103 cm³/mol. The number of hydrogen-bond donors (Lipinski definition) is 1. The molecule has 2 aromatic carbocycles. The maximum Gasteiger partial charge on any atom is 0.133 e. The summed E-state index contributed by atoms with van der Waals surface area (Å²) in [6, 6.07) is 16.9. The van der Waals surface area contributed by atoms with Gasteiger partial charge in [-0.25, -0.2) is 4.68 Å². The summed E-state index contributed by atoms with van der Waals surface area (Å²) in [5, 5.41) is 8.58. The lowest BCUT2D eigenvalue weighted by Crippen LogP contribution is -2.07. The van der Waals surface area contributed by atoms with Gasteiger partial charge in [0.2, 0.25) is 0 Å². The Balaban J connectivity index is 1.90. The number of aromatic nitrogens is 2. The molecule has 0 unspecified atom stereocenters. The van der Waals surface area contributed by atoms with Gasteiger partial charge in [-0.05, 0) is 56.5 Å². The molecule has 0 saturated heterocycles. The first-order valence-corrected chi connectivity index (χ1v) is 9.20. The van der Waals surface area contributed by atoms with Gasteiger partial charge in [-0.3, -0.25) is 0 Å². The second-order valence-corrected chi connectivity index (χ2v) is 7.23. The van der Waals surface area contributed by atoms with Crippen LogP contribution in [0.15, 0.2) is 53.0 Å². The monoisotopic (exact) mass is 381 g/mol. The molecule has 1 aliphatic rings. The molecule has 0 bridgehead atoms. The van der Waals surface area contributed by atoms with E-state index in [1.54, 1.807) is 0 Å². The summed E-state index contributed by atoms with van der Waals surface area (Å²) in [6.45, 7) is 3.13. The van der Waals surface area contributed by atoms with Gasteiger partial charge in [0, 0.05) is 22.1 Å². The molecule has 0 atom stereocenters. The highest BCUT2D eigenvalue weighted by Crippen LogP contribution is 2.34. The van der Waals surface area contributed by atoms with E-state index in [4.69, 9.17) is 5.10 Å². The normalized spacial score (nSPS) is 13.9. The highest BCUT2D eigenvalue weighted by Gasteiger charge is 2.21. The Hall–Kier alpha value is -2.07. The molecule has 0 amide bonds. The fraction of sp³-hybridized carbons (Fsp3) is 0.250. The molecule has 0 aliphatic carbocycles. The van der Waals surface area contributed by atoms with Crippen LogP contribution < -0.4 is 5.32 Å². The number of hydrogen-bond acceptors (Lipinski definition) is 2. The summed E-state index contributed by atoms with van der Waals surface area (Å²) in [5.41, 5.74) is 5.99. The van der Waals surface area contributed by atoms with Gasteiger partial charge in [0.05, 0.1) is 11.4 Å². The minimum absolute atomic E-state index is 1.00. The number of aryl methyl sites for hydroxylation is 1. The Morgan fingerprint density at radius 2 is 1.92 bits per heavy atom. The molecule has 0 fully saturated rings. The van der Waals surface area contributed by atoms with Crippen molar-refractivity contribution in [2.45, 2.75) is 26.2 Å². The average molecular weight is 382 g/mol. The largest absolute Gasteiger partial charge is 0.370 e. The highest BCUT2D eigenvalue weighted by molar-refractivity contribution is 9.10. The van der Waals surface area contributed by atoms with Crippen molar-refractivity contribution in [3.05, 3.63) is 64.1 Å². The van der Waals surface area contributed by atoms with E-state index in [-0.39, 0.29) is 0 Å². The minimum atomic E-state index is 1.00. The van der Waals surface area contributed by atoms with Crippen LogP contribution in [0.5, 0.6) is 0 Å². The third kappa shape index (κ3) is 2.86. The minimum Gasteiger partial charge on any atom is -0.370 e. The van der Waals surface area contributed by atoms with Gasteiger partial charge in [-0.2, -0.15) is 5.10 Å². The van der Waals surface area contributed by atoms with Crippen LogP contribution in [0.2, 0.25) is 0 Å². The van der Waals surface area contributed by atoms with Crippen LogP contribution in [0.3, 0.4) is 0 Å². The molecule has 4 heteroatoms. The van der Waals surface area contributed by atoms with Crippen LogP contribution in [-0.2, 0) is 6.42 Å². The van der Waals surface area contributed by atoms with Crippen molar-refractivity contribution in [1.29, 1.82) is 0 Å². The maximum atomic E-state index is 4.98. The quantitative estimate of drug-likeness (QED) is 0.647. The number of halogens is 1. The van der Waals surface area contributed by atoms with E-state index < -0.39 is 0 Å². The molecule has 0 saturated carbocycles. The molecular weight excluding hydrogens is 362 g/mol. The van der Waals surface area contributed by atoms with E-state index in [2.05, 4.69) is 81.4 Å². The van der Waals surface area contributed by atoms with Crippen LogP contribution in [0.4, 0.5) is 5.82 Å². The van der Waals surface area contributed by atoms with Gasteiger partial charge in [0.1, 0.15) is 5.82 Å². The van der Waals surface area contributed by atoms with E-state index in [9.17, 15) is 0 Å². The van der Waals surface area contributed by atoms with Crippen LogP contribution in [0.1, 0.15) is 24.0 Å². The lowest BCUT2D eigenvalue weighted by Gasteiger charge is -2.09. The summed E-state index contributed by atoms with van der Waals surface area (Å²) in [6.07, 6.45) is 3.47. The fourth-order valence-corrected chi connectivity index (χ4v) is 3.56. The van der Waals surface area contributed by atoms with Crippen LogP contribution in [0.25, 0.3) is 16.9 Å². The van der Waals surface area contributed by atoms with E-state index in [1.165, 1.54) is 29.5 Å². The van der Waals surface area contributed by atoms with Gasteiger partial charge in [0.25, 0.3) is 0 Å². The second kappa shape index (κ2) is 6.44. The van der Waals surface area contributed by atoms with Gasteiger partial charge < -0.3 is 5.32 Å². The Bertz CT molecular complexity index is 865. The Labute approximate surface area is 150 Å². The number of benzene rings is 2. The lowest BCUT2D eigenvalue weighted by atomic mass is 10.0. The highest BCUT2D eigenvalue weighted by atomic mass is 79.9. The standard InChI is InChI=1S/C20H20BrN3/c1-14-5-4-6-15(13-14)19-18-7-2-3-12-22-20(18)24(23-19)17-10-8-16(21)9-11-17/h4-6,8-11,13,22H,2-3,7,12H2,1H3. The Kier molecular flexibility index (Phi) is 4.15. The first-order valence-electron chi connectivity index (χ1n) is 8.41. The summed E-state index contributed by atoms with van der Waals surface area (Å²) >= 11 is 3.51. The molecule has 24 heavy (non-hydrogen) atoms. The number of nitrogens with zero attached hydrogens (tertiary/aromatic N) is 2. The molecule has 3 nitrogen and oxygen atoms in total. The summed E-state index contributed by atoms with van der Waals surface area (Å²) in [7, 11) is 0. The molecule has 0 radical (unpaired) electrons. The first-order chi connectivity index (χ1) is 11.7. The van der Waals surface area contributed by atoms with Gasteiger partial charge in [-0.15, -0.1) is 0 Å². The van der Waals surface area contributed by atoms with E-state index in [0.29, 0.717) is 0 Å². The van der Waals surface area contributed by atoms with Crippen LogP contribution >= 0.6 is 15.9 Å². The van der Waals surface area contributed by atoms with Gasteiger partial charge >= 0.3 is 0 Å². The molecule has 0 spiro atoms. The van der Waals surface area contributed by atoms with Crippen molar-refractivity contribution < 1.29 is 0 Å². The maximum absolute atomic E-state index is 4.98. The average Bonchev–Trinajstić information content (AvgIpc) is 2.77. The first kappa shape index (κ1) is 15.5. The molecule has 122 valence electrons. The Morgan fingerprint density at radius 3 is 2.71 bits per heavy atom. The zero-order valence-electron chi connectivity index (χ0n) is 13.7. The molecular formula is C20H20BrN3. The Morgan fingerprint density at radius 1 is 1.08 bits per heavy atom. The third-order valence-electron chi connectivity index (χ3n) is 4.49. The summed E-state index contributed by atoms with van der Waals surface area (Å²) < 4.78 is 3.14. The van der Waals surface area contributed by atoms with E-state index in [0.717, 1.165) is 34.6 Å². The molecule has 2 heterocycles. The number of fused-ring (bicyclic) bond motifs is 1. The van der Waals surface area contributed by atoms with E-state index >= 15 is 0 Å². The zero-order chi connectivity index (χ0) is 16.5. The van der Waals surface area contributed by atoms with Crippen LogP contribution in [0, 0.1) is 6.92 Å². The second-order valence-electron chi connectivity index (χ2n) is 6.32. The van der Waals surface area contributed by atoms with Gasteiger partial charge in [-0.1, -0.05) is 39.7 Å². The summed E-state index contributed by atoms with van der Waals surface area (Å²) in [5.74, 6) is 1.14. The SMILES string of the molecule is Cc1cccc(-c2nn(-c3ccc(Br)cc3)c3c2CCCCN3)c1. The molecule has 1 N–H and O–H groups in total. The number of nitrogens with one attached hydrogen (secondary N) is 1. The van der Waals surface area contributed by atoms with Crippen molar-refractivity contribution in [1.82, 2.24) is 9.78 Å². The van der Waals surface area contributed by atoms with E-state index in [1.807, 2.05) is 0 Å². The molecule has 1 aliphatic heterocycles.